The van der Waals surface area contributed by atoms with Gasteiger partial charge in [0.05, 0.1) is 40.8 Å². The first kappa shape index (κ1) is 52.8. The molecule has 334 valence electrons. The number of carboxylic acids is 1. The van der Waals surface area contributed by atoms with Crippen LogP contribution in [0, 0.1) is 13.8 Å². The molecule has 2 N–H and O–H groups in total. The molecule has 0 saturated heterocycles. The number of halogens is 14. The summed E-state index contributed by atoms with van der Waals surface area (Å²) in [6, 6.07) is 11.1. The van der Waals surface area contributed by atoms with Crippen LogP contribution in [0.15, 0.2) is 83.1 Å². The van der Waals surface area contributed by atoms with Crippen molar-refractivity contribution in [1.29, 1.82) is 0 Å². The van der Waals surface area contributed by atoms with Gasteiger partial charge in [0.15, 0.2) is 0 Å². The minimum Gasteiger partial charge on any atom is -0.870 e. The summed E-state index contributed by atoms with van der Waals surface area (Å²) in [6.07, 6.45) is -21.9. The van der Waals surface area contributed by atoms with Crippen molar-refractivity contribution in [1.82, 2.24) is 0 Å². The van der Waals surface area contributed by atoms with E-state index in [0.29, 0.717) is 29.8 Å². The number of alkyl halides is 12. The van der Waals surface area contributed by atoms with Crippen molar-refractivity contribution in [3.05, 3.63) is 138 Å². The number of ether oxygens (including phenoxy) is 1. The molecule has 0 spiro atoms. The van der Waals surface area contributed by atoms with Gasteiger partial charge in [0, 0.05) is 34.0 Å². The van der Waals surface area contributed by atoms with Crippen LogP contribution in [0.5, 0.6) is 0 Å². The van der Waals surface area contributed by atoms with Crippen molar-refractivity contribution in [3.8, 4) is 0 Å². The Morgan fingerprint density at radius 1 is 0.635 bits per heavy atom. The molecule has 4 aromatic rings. The zero-order chi connectivity index (χ0) is 45.7. The average Bonchev–Trinajstić information content (AvgIpc) is 3.81. The third-order valence-corrected chi connectivity index (χ3v) is 9.95. The molecule has 0 amide bonds. The fourth-order valence-electron chi connectivity index (χ4n) is 6.36. The summed E-state index contributed by atoms with van der Waals surface area (Å²) in [6.45, 7) is 3.00. The standard InChI is InChI=1S/C20H14ClF6NO3.C19H12ClF6NO3.Na.H2O/c1-10-5-11(3-4-15(10)17(29)30-2)16-9-18(31-28-16,20(25,26)27)12-6-13(19(22,23)24)8-14(21)7-12;1-9-4-10(2-3-14(9)16(28)29)15-8-17(30-27-15,19(24,25)26)11-5-12(18(21,22)23)7-13(20)6-11;;/h3-8H,9H2,1-2H3;2-7H,8H2,1H3,(H,28,29);;1H2/q;;+1;/p-1. The summed E-state index contributed by atoms with van der Waals surface area (Å²) in [7, 11) is 1.18. The van der Waals surface area contributed by atoms with E-state index in [0.717, 1.165) is 12.1 Å². The summed E-state index contributed by atoms with van der Waals surface area (Å²) in [5.74, 6) is -1.84. The van der Waals surface area contributed by atoms with E-state index in [1.807, 2.05) is 0 Å². The first-order valence-electron chi connectivity index (χ1n) is 17.0. The van der Waals surface area contributed by atoms with E-state index in [4.69, 9.17) is 38.0 Å². The molecule has 0 radical (unpaired) electrons. The molecule has 0 bridgehead atoms. The van der Waals surface area contributed by atoms with Gasteiger partial charge in [-0.2, -0.15) is 52.7 Å². The van der Waals surface area contributed by atoms with Gasteiger partial charge in [-0.3, -0.25) is 0 Å². The largest absolute Gasteiger partial charge is 1.00 e. The Bertz CT molecular complexity index is 2460. The van der Waals surface area contributed by atoms with Gasteiger partial charge in [-0.1, -0.05) is 45.6 Å². The van der Waals surface area contributed by atoms with Crippen LogP contribution in [-0.2, 0) is 38.0 Å². The first-order chi connectivity index (χ1) is 28.0. The van der Waals surface area contributed by atoms with Crippen LogP contribution < -0.4 is 29.6 Å². The monoisotopic (exact) mass is 956 g/mol. The van der Waals surface area contributed by atoms with E-state index in [2.05, 4.69) is 15.0 Å². The minimum absolute atomic E-state index is 0. The SMILES string of the molecule is COC(=O)c1ccc(C2=NOC(c3cc(Cl)cc(C(F)(F)F)c3)(C(F)(F)F)C2)cc1C.Cc1cc(C2=NOC(c3cc(Cl)cc(C(F)(F)F)c3)(C(F)(F)F)C2)ccc1C(=O)O.[Na+].[OH-]. The summed E-state index contributed by atoms with van der Waals surface area (Å²) in [5.41, 5.74) is -9.80. The molecule has 0 aliphatic carbocycles. The number of hydrogen-bond acceptors (Lipinski definition) is 8. The fraction of sp³-hybridized carbons (Fsp3) is 0.282. The minimum atomic E-state index is -5.12. The van der Waals surface area contributed by atoms with Gasteiger partial charge >= 0.3 is 66.2 Å². The number of aromatic carboxylic acids is 1. The number of carbonyl (C=O) groups is 2. The number of benzene rings is 4. The van der Waals surface area contributed by atoms with Crippen molar-refractivity contribution in [3.63, 3.8) is 0 Å². The number of carbonyl (C=O) groups excluding carboxylic acids is 1. The Morgan fingerprint density at radius 3 is 1.30 bits per heavy atom. The van der Waals surface area contributed by atoms with Gasteiger partial charge in [0.1, 0.15) is 0 Å². The molecular weight excluding hydrogens is 930 g/mol. The van der Waals surface area contributed by atoms with Gasteiger partial charge in [-0.15, -0.1) is 0 Å². The number of esters is 1. The van der Waals surface area contributed by atoms with Crippen LogP contribution in [0.25, 0.3) is 0 Å². The number of hydrogen-bond donors (Lipinski definition) is 1. The van der Waals surface area contributed by atoms with Crippen LogP contribution in [0.3, 0.4) is 0 Å². The zero-order valence-electron chi connectivity index (χ0n) is 32.5. The topological polar surface area (TPSA) is 137 Å². The molecule has 6 rings (SSSR count). The van der Waals surface area contributed by atoms with Gasteiger partial charge in [0.25, 0.3) is 11.2 Å². The van der Waals surface area contributed by atoms with E-state index >= 15 is 0 Å². The molecule has 2 unspecified atom stereocenters. The number of oxime groups is 2. The number of aryl methyl sites for hydroxylation is 2. The third-order valence-electron chi connectivity index (χ3n) is 9.51. The number of carboxylic acid groups (broad SMARTS) is 1. The average molecular weight is 958 g/mol. The Balaban J connectivity index is 0.000000325. The Labute approximate surface area is 380 Å². The van der Waals surface area contributed by atoms with Crippen molar-refractivity contribution in [2.75, 3.05) is 7.11 Å². The Kier molecular flexibility index (Phi) is 15.8. The second-order valence-corrected chi connectivity index (χ2v) is 14.4. The van der Waals surface area contributed by atoms with E-state index in [-0.39, 0.29) is 74.3 Å². The van der Waals surface area contributed by atoms with Crippen molar-refractivity contribution in [2.24, 2.45) is 10.3 Å². The summed E-state index contributed by atoms with van der Waals surface area (Å²) in [4.78, 5) is 32.3. The quantitative estimate of drug-likeness (QED) is 0.116. The Hall–Kier alpha value is -4.54. The molecular formula is C39H27Cl2F12N2NaO7. The molecule has 9 nitrogen and oxygen atoms in total. The summed E-state index contributed by atoms with van der Waals surface area (Å²) in [5, 5.41) is 15.0. The second kappa shape index (κ2) is 18.9. The van der Waals surface area contributed by atoms with E-state index < -0.39 is 93.0 Å². The predicted octanol–water partition coefficient (Wildman–Crippen LogP) is 8.81. The molecule has 24 heteroatoms. The van der Waals surface area contributed by atoms with Crippen molar-refractivity contribution < 1.29 is 117 Å². The number of methoxy groups -OCH3 is 1. The normalized spacial score (nSPS) is 18.6. The smallest absolute Gasteiger partial charge is 0.870 e. The fourth-order valence-corrected chi connectivity index (χ4v) is 6.83. The van der Waals surface area contributed by atoms with Crippen LogP contribution in [-0.4, -0.2) is 53.4 Å². The van der Waals surface area contributed by atoms with E-state index in [1.54, 1.807) is 6.92 Å². The van der Waals surface area contributed by atoms with Crippen LogP contribution >= 0.6 is 23.2 Å². The summed E-state index contributed by atoms with van der Waals surface area (Å²) < 4.78 is 167. The van der Waals surface area contributed by atoms with Crippen LogP contribution in [0.4, 0.5) is 52.7 Å². The van der Waals surface area contributed by atoms with E-state index in [9.17, 15) is 62.3 Å². The molecule has 0 fully saturated rings. The van der Waals surface area contributed by atoms with Crippen molar-refractivity contribution >= 4 is 46.6 Å². The van der Waals surface area contributed by atoms with Gasteiger partial charge in [-0.25, -0.2) is 9.59 Å². The zero-order valence-corrected chi connectivity index (χ0v) is 36.0. The maximum absolute atomic E-state index is 14.1. The molecule has 2 atom stereocenters. The first-order valence-corrected chi connectivity index (χ1v) is 17.7. The molecule has 4 aromatic carbocycles. The third kappa shape index (κ3) is 10.9. The number of nitrogens with zero attached hydrogens (tertiary/aromatic N) is 2. The van der Waals surface area contributed by atoms with Crippen molar-refractivity contribution in [2.45, 2.75) is 62.6 Å². The second-order valence-electron chi connectivity index (χ2n) is 13.6. The summed E-state index contributed by atoms with van der Waals surface area (Å²) >= 11 is 11.3. The van der Waals surface area contributed by atoms with Crippen LogP contribution in [0.1, 0.15) is 78.1 Å². The number of rotatable bonds is 6. The van der Waals surface area contributed by atoms with Gasteiger partial charge in [-0.05, 0) is 96.8 Å². The van der Waals surface area contributed by atoms with Gasteiger partial charge < -0.3 is 25.0 Å². The maximum atomic E-state index is 14.1. The molecule has 2 aliphatic rings. The molecule has 0 aromatic heterocycles. The molecule has 63 heavy (non-hydrogen) atoms. The molecule has 2 heterocycles. The molecule has 2 aliphatic heterocycles. The molecule has 0 saturated carbocycles. The maximum Gasteiger partial charge on any atom is 1.00 e. The van der Waals surface area contributed by atoms with Crippen LogP contribution in [0.2, 0.25) is 10.0 Å². The predicted molar refractivity (Wildman–Crippen MR) is 195 cm³/mol. The van der Waals surface area contributed by atoms with E-state index in [1.165, 1.54) is 50.4 Å². The van der Waals surface area contributed by atoms with Gasteiger partial charge in [0.2, 0.25) is 0 Å². The Morgan fingerprint density at radius 2 is 1.00 bits per heavy atom.